The van der Waals surface area contributed by atoms with Gasteiger partial charge in [-0.15, -0.1) is 0 Å². The Morgan fingerprint density at radius 1 is 0.909 bits per heavy atom. The van der Waals surface area contributed by atoms with E-state index >= 15 is 0 Å². The summed E-state index contributed by atoms with van der Waals surface area (Å²) < 4.78 is 29.9. The highest BCUT2D eigenvalue weighted by molar-refractivity contribution is 9.10. The van der Waals surface area contributed by atoms with E-state index in [4.69, 9.17) is 23.2 Å². The minimum absolute atomic E-state index is 0.0349. The van der Waals surface area contributed by atoms with Crippen LogP contribution >= 0.6 is 39.1 Å². The number of amides is 2. The van der Waals surface area contributed by atoms with Gasteiger partial charge in [-0.2, -0.15) is 0 Å². The molecule has 230 valence electrons. The smallest absolute Gasteiger partial charge is 0.264 e. The lowest BCUT2D eigenvalue weighted by atomic mass is 10.0. The fraction of sp³-hybridized carbons (Fsp3) is 0.212. The van der Waals surface area contributed by atoms with Crippen molar-refractivity contribution >= 4 is 66.7 Å². The maximum Gasteiger partial charge on any atom is 0.264 e. The van der Waals surface area contributed by atoms with Crippen molar-refractivity contribution < 1.29 is 18.0 Å². The van der Waals surface area contributed by atoms with Crippen LogP contribution in [0.1, 0.15) is 23.6 Å². The van der Waals surface area contributed by atoms with Gasteiger partial charge in [0.2, 0.25) is 11.8 Å². The van der Waals surface area contributed by atoms with Crippen LogP contribution in [-0.4, -0.2) is 44.3 Å². The Hall–Kier alpha value is -3.37. The zero-order chi connectivity index (χ0) is 31.9. The van der Waals surface area contributed by atoms with Gasteiger partial charge in [0.15, 0.2) is 0 Å². The van der Waals surface area contributed by atoms with E-state index in [9.17, 15) is 18.0 Å². The van der Waals surface area contributed by atoms with Crippen molar-refractivity contribution in [3.05, 3.63) is 128 Å². The van der Waals surface area contributed by atoms with Crippen molar-refractivity contribution in [1.29, 1.82) is 0 Å². The zero-order valence-electron chi connectivity index (χ0n) is 24.2. The Bertz CT molecular complexity index is 1720. The van der Waals surface area contributed by atoms with E-state index in [0.29, 0.717) is 26.6 Å². The SMILES string of the molecule is CCNC(=O)[C@@H](Cc1ccccc1)N(Cc1ccc(Cl)cc1Cl)C(=O)CN(c1cccc(Br)c1)S(=O)(=O)c1ccc(C)cc1. The number of carbonyl (C=O) groups excluding carboxylic acids is 2. The first-order chi connectivity index (χ1) is 21.0. The molecule has 0 heterocycles. The van der Waals surface area contributed by atoms with Crippen molar-refractivity contribution in [2.75, 3.05) is 17.4 Å². The first kappa shape index (κ1) is 33.5. The first-order valence-corrected chi connectivity index (χ1v) is 16.9. The molecule has 4 aromatic carbocycles. The molecule has 1 atom stereocenters. The minimum Gasteiger partial charge on any atom is -0.355 e. The molecule has 1 N–H and O–H groups in total. The summed E-state index contributed by atoms with van der Waals surface area (Å²) in [4.78, 5) is 29.4. The number of sulfonamides is 1. The third-order valence-electron chi connectivity index (χ3n) is 6.96. The van der Waals surface area contributed by atoms with Crippen LogP contribution in [0.2, 0.25) is 10.0 Å². The largest absolute Gasteiger partial charge is 0.355 e. The van der Waals surface area contributed by atoms with Crippen LogP contribution in [-0.2, 0) is 32.6 Å². The van der Waals surface area contributed by atoms with Gasteiger partial charge < -0.3 is 10.2 Å². The van der Waals surface area contributed by atoms with Crippen LogP contribution in [0.4, 0.5) is 5.69 Å². The summed E-state index contributed by atoms with van der Waals surface area (Å²) in [6.45, 7) is 3.38. The molecular formula is C33H32BrCl2N3O4S. The highest BCUT2D eigenvalue weighted by Crippen LogP contribution is 2.28. The number of hydrogen-bond donors (Lipinski definition) is 1. The van der Waals surface area contributed by atoms with Crippen molar-refractivity contribution in [2.24, 2.45) is 0 Å². The average molecular weight is 718 g/mol. The van der Waals surface area contributed by atoms with Gasteiger partial charge in [0, 0.05) is 34.0 Å². The quantitative estimate of drug-likeness (QED) is 0.171. The number of anilines is 1. The summed E-state index contributed by atoms with van der Waals surface area (Å²) in [6, 6.07) is 26.4. The predicted octanol–water partition coefficient (Wildman–Crippen LogP) is 7.04. The molecule has 0 spiro atoms. The molecule has 4 rings (SSSR count). The summed E-state index contributed by atoms with van der Waals surface area (Å²) in [5, 5.41) is 3.58. The Balaban J connectivity index is 1.82. The molecule has 7 nitrogen and oxygen atoms in total. The monoisotopic (exact) mass is 715 g/mol. The number of hydrogen-bond acceptors (Lipinski definition) is 4. The minimum atomic E-state index is -4.20. The number of nitrogens with zero attached hydrogens (tertiary/aromatic N) is 2. The third-order valence-corrected chi connectivity index (χ3v) is 9.83. The fourth-order valence-electron chi connectivity index (χ4n) is 4.68. The van der Waals surface area contributed by atoms with Crippen LogP contribution < -0.4 is 9.62 Å². The van der Waals surface area contributed by atoms with E-state index in [0.717, 1.165) is 15.4 Å². The molecule has 0 aromatic heterocycles. The topological polar surface area (TPSA) is 86.8 Å². The number of nitrogens with one attached hydrogen (secondary N) is 1. The van der Waals surface area contributed by atoms with Crippen molar-refractivity contribution in [1.82, 2.24) is 10.2 Å². The summed E-state index contributed by atoms with van der Waals surface area (Å²) in [5.74, 6) is -0.955. The Labute approximate surface area is 277 Å². The molecule has 0 aliphatic heterocycles. The van der Waals surface area contributed by atoms with Gasteiger partial charge in [0.05, 0.1) is 10.6 Å². The van der Waals surface area contributed by atoms with Gasteiger partial charge in [-0.1, -0.05) is 99.3 Å². The number of likely N-dealkylation sites (N-methyl/N-ethyl adjacent to an activating group) is 1. The number of aryl methyl sites for hydroxylation is 1. The molecule has 0 saturated carbocycles. The summed E-state index contributed by atoms with van der Waals surface area (Å²) in [7, 11) is -4.20. The molecule has 0 unspecified atom stereocenters. The van der Waals surface area contributed by atoms with E-state index < -0.39 is 28.5 Å². The van der Waals surface area contributed by atoms with E-state index in [-0.39, 0.29) is 29.5 Å². The van der Waals surface area contributed by atoms with Crippen LogP contribution in [0.5, 0.6) is 0 Å². The normalized spacial score (nSPS) is 11.9. The summed E-state index contributed by atoms with van der Waals surface area (Å²) >= 11 is 16.1. The van der Waals surface area contributed by atoms with Gasteiger partial charge in [-0.05, 0) is 67.4 Å². The van der Waals surface area contributed by atoms with E-state index in [1.165, 1.54) is 17.0 Å². The molecule has 0 fully saturated rings. The third kappa shape index (κ3) is 8.41. The summed E-state index contributed by atoms with van der Waals surface area (Å²) in [6.07, 6.45) is 0.200. The molecule has 44 heavy (non-hydrogen) atoms. The van der Waals surface area contributed by atoms with Crippen LogP contribution in [0.15, 0.2) is 106 Å². The zero-order valence-corrected chi connectivity index (χ0v) is 28.1. The fourth-order valence-corrected chi connectivity index (χ4v) is 6.94. The molecule has 0 aliphatic carbocycles. The average Bonchev–Trinajstić information content (AvgIpc) is 2.99. The van der Waals surface area contributed by atoms with Gasteiger partial charge >= 0.3 is 0 Å². The second-order valence-electron chi connectivity index (χ2n) is 10.2. The molecule has 2 amide bonds. The molecule has 0 saturated heterocycles. The Morgan fingerprint density at radius 3 is 2.25 bits per heavy atom. The lowest BCUT2D eigenvalue weighted by Crippen LogP contribution is -2.53. The molecule has 0 radical (unpaired) electrons. The van der Waals surface area contributed by atoms with E-state index in [1.807, 2.05) is 37.3 Å². The second-order valence-corrected chi connectivity index (χ2v) is 13.8. The molecule has 11 heteroatoms. The van der Waals surface area contributed by atoms with Crippen LogP contribution in [0.3, 0.4) is 0 Å². The van der Waals surface area contributed by atoms with Crippen LogP contribution in [0.25, 0.3) is 0 Å². The standard InChI is InChI=1S/C33H32BrCl2N3O4S/c1-3-37-33(41)31(18-24-8-5-4-6-9-24)38(21-25-14-15-27(35)20-30(25)36)32(40)22-39(28-11-7-10-26(34)19-28)44(42,43)29-16-12-23(2)13-17-29/h4-17,19-20,31H,3,18,21-22H2,1-2H3,(H,37,41)/t31-/m1/s1. The van der Waals surface area contributed by atoms with Crippen molar-refractivity contribution in [2.45, 2.75) is 37.8 Å². The van der Waals surface area contributed by atoms with E-state index in [2.05, 4.69) is 21.2 Å². The van der Waals surface area contributed by atoms with Gasteiger partial charge in [0.1, 0.15) is 12.6 Å². The molecule has 0 aliphatic rings. The lowest BCUT2D eigenvalue weighted by Gasteiger charge is -2.34. The maximum atomic E-state index is 14.4. The van der Waals surface area contributed by atoms with Gasteiger partial charge in [-0.3, -0.25) is 13.9 Å². The number of rotatable bonds is 12. The molecular weight excluding hydrogens is 685 g/mol. The van der Waals surface area contributed by atoms with Gasteiger partial charge in [0.25, 0.3) is 10.0 Å². The van der Waals surface area contributed by atoms with Crippen LogP contribution in [0, 0.1) is 6.92 Å². The number of halogens is 3. The lowest BCUT2D eigenvalue weighted by molar-refractivity contribution is -0.140. The Kier molecular flexibility index (Phi) is 11.5. The number of carbonyl (C=O) groups is 2. The van der Waals surface area contributed by atoms with Gasteiger partial charge in [-0.25, -0.2) is 8.42 Å². The first-order valence-electron chi connectivity index (χ1n) is 13.9. The number of benzene rings is 4. The second kappa shape index (κ2) is 15.1. The van der Waals surface area contributed by atoms with Crippen molar-refractivity contribution in [3.63, 3.8) is 0 Å². The van der Waals surface area contributed by atoms with Crippen molar-refractivity contribution in [3.8, 4) is 0 Å². The maximum absolute atomic E-state index is 14.4. The summed E-state index contributed by atoms with van der Waals surface area (Å²) in [5.41, 5.74) is 2.57. The predicted molar refractivity (Wildman–Crippen MR) is 179 cm³/mol. The Morgan fingerprint density at radius 2 is 1.61 bits per heavy atom. The molecule has 4 aromatic rings. The van der Waals surface area contributed by atoms with E-state index in [1.54, 1.807) is 61.5 Å². The highest BCUT2D eigenvalue weighted by Gasteiger charge is 2.34. The highest BCUT2D eigenvalue weighted by atomic mass is 79.9. The molecule has 0 bridgehead atoms.